The van der Waals surface area contributed by atoms with E-state index in [9.17, 15) is 19.2 Å². The molecule has 3 aromatic carbocycles. The minimum absolute atomic E-state index is 0. The Morgan fingerprint density at radius 1 is 0.427 bits per heavy atom. The van der Waals surface area contributed by atoms with Gasteiger partial charge in [-0.25, -0.2) is 19.1 Å². The zero-order chi connectivity index (χ0) is 88.2. The number of hydrogen-bond acceptors (Lipinski definition) is 10. The number of benzene rings is 3. The summed E-state index contributed by atoms with van der Waals surface area (Å²) >= 11 is 10.9. The van der Waals surface area contributed by atoms with Crippen LogP contribution in [0.15, 0.2) is 144 Å². The monoisotopic (exact) mass is 2150 g/mol. The summed E-state index contributed by atoms with van der Waals surface area (Å²) in [5.74, 6) is 9.38. The van der Waals surface area contributed by atoms with Crippen LogP contribution < -0.4 is 33.3 Å². The first kappa shape index (κ1) is 108. The molecule has 0 unspecified atom stereocenters. The van der Waals surface area contributed by atoms with E-state index in [0.29, 0.717) is 6.54 Å². The Morgan fingerprint density at radius 3 is 1.19 bits per heavy atom. The fourth-order valence-electron chi connectivity index (χ4n) is 21.7. The van der Waals surface area contributed by atoms with Gasteiger partial charge in [0.1, 0.15) is 0 Å². The molecule has 9 aliphatic rings. The molecule has 5 heterocycles. The van der Waals surface area contributed by atoms with Crippen molar-refractivity contribution in [3.63, 3.8) is 0 Å². The second kappa shape index (κ2) is 63.6. The predicted molar refractivity (Wildman–Crippen MR) is 547 cm³/mol. The molecule has 0 radical (unpaired) electrons. The number of aryl methyl sites for hydroxylation is 3. The average molecular weight is 2150 g/mol. The van der Waals surface area contributed by atoms with E-state index in [4.69, 9.17) is 5.73 Å². The van der Waals surface area contributed by atoms with Crippen molar-refractivity contribution in [3.8, 4) is 0 Å². The number of nitrogens with zero attached hydrogens (tertiary/aromatic N) is 7. The van der Waals surface area contributed by atoms with Crippen LogP contribution in [0.4, 0.5) is 17.1 Å². The minimum atomic E-state index is -0.156. The molecular formula is C104H161Br2I2N11O4Pd. The molecule has 9 aliphatic carbocycles. The van der Waals surface area contributed by atoms with Crippen molar-refractivity contribution in [1.29, 1.82) is 0 Å². The maximum Gasteiger partial charge on any atom is 0.276 e. The van der Waals surface area contributed by atoms with Gasteiger partial charge in [-0.1, -0.05) is 348 Å². The van der Waals surface area contributed by atoms with Crippen molar-refractivity contribution in [1.82, 2.24) is 44.5 Å². The summed E-state index contributed by atoms with van der Waals surface area (Å²) in [6.45, 7) is 18.8. The van der Waals surface area contributed by atoms with Crippen LogP contribution in [0.1, 0.15) is 370 Å². The van der Waals surface area contributed by atoms with Gasteiger partial charge in [0, 0.05) is 90.9 Å². The summed E-state index contributed by atoms with van der Waals surface area (Å²) in [6.07, 6.45) is 78.7. The van der Waals surface area contributed by atoms with E-state index in [1.807, 2.05) is 144 Å². The van der Waals surface area contributed by atoms with Crippen molar-refractivity contribution in [2.45, 2.75) is 390 Å². The van der Waals surface area contributed by atoms with Crippen molar-refractivity contribution in [3.05, 3.63) is 173 Å². The van der Waals surface area contributed by atoms with Gasteiger partial charge < -0.3 is 16.0 Å². The van der Waals surface area contributed by atoms with E-state index in [-0.39, 0.29) is 42.7 Å². The van der Waals surface area contributed by atoms with Crippen LogP contribution in [0.5, 0.6) is 0 Å². The molecule has 0 bridgehead atoms. The Balaban J connectivity index is 0.000000221. The van der Waals surface area contributed by atoms with Crippen LogP contribution in [-0.2, 0) is 40.1 Å². The summed E-state index contributed by atoms with van der Waals surface area (Å²) in [5, 5.41) is 23.4. The molecule has 8 aromatic rings. The van der Waals surface area contributed by atoms with Crippen LogP contribution >= 0.6 is 77.0 Å². The molecule has 694 valence electrons. The third-order valence-corrected chi connectivity index (χ3v) is 30.5. The van der Waals surface area contributed by atoms with E-state index in [1.54, 1.807) is 136 Å². The molecule has 0 spiro atoms. The Morgan fingerprint density at radius 2 is 0.806 bits per heavy atom. The first-order valence-electron chi connectivity index (χ1n) is 49.7. The first-order valence-corrected chi connectivity index (χ1v) is 53.4. The average Bonchev–Trinajstić information content (AvgIpc) is 0.950. The molecule has 124 heavy (non-hydrogen) atoms. The Kier molecular flexibility index (Phi) is 55.6. The molecule has 9 saturated carbocycles. The number of nitrogen functional groups attached to an aromatic ring is 1. The predicted octanol–water partition coefficient (Wildman–Crippen LogP) is 30.7. The minimum Gasteiger partial charge on any atom is -0.398 e. The third-order valence-electron chi connectivity index (χ3n) is 27.9. The molecule has 0 aliphatic heterocycles. The number of nitrogens with one attached hydrogen (secondary N) is 3. The van der Waals surface area contributed by atoms with Gasteiger partial charge in [-0.15, -0.1) is 0 Å². The standard InChI is InChI=1S/C21H38.C18H22BrN3O.C13H13N3O.C12H17IN2O.2C12H22.C6H6BrN.C4H3IN2O.3C2H6.Pd/c1-2-21(18-12-6-3-7-13-18,19-14-8-4-9-15-19)20-16-10-5-11-17-20;19-16-8-4-5-9-17(16)21-15-12-18(23)22(20-13-15)11-10-14-6-2-1-3-7-14;1-2-7-16-13(17)12-9-5-3-4-6-10(9)15-11(12)8-14-16;13-11-8-12(16)15(14-9-11)7-6-10-4-2-1-3-5-10;2*1-3-7-11(8-4-1)12-9-5-2-6-10-12;7-5-3-1-2-4-6(5)8;5-3-1-4(8)7-6-2-3;3*1-2;/h18-20H,2-17H2,1H3;4-5,8-9,12-14,21H,1-3,6-7,10-11H2;3-6,8,15H,2,7H2,1H3;8-10H,1-7H2;2*11-12H,1-10H2;1-4H,8H2;1-2H,(H,7,8);3*1-2H3;. The fourth-order valence-corrected chi connectivity index (χ4v) is 23.2. The van der Waals surface area contributed by atoms with Crippen LogP contribution in [0.25, 0.3) is 21.8 Å². The fraction of sp³-hybridized carbons (Fsp3) is 0.673. The van der Waals surface area contributed by atoms with E-state index >= 15 is 0 Å². The number of para-hydroxylation sites is 3. The number of fused-ring (bicyclic) bond motifs is 3. The number of nitrogens with two attached hydrogens (primary N) is 1. The van der Waals surface area contributed by atoms with Gasteiger partial charge in [0.15, 0.2) is 0 Å². The Labute approximate surface area is 806 Å². The third kappa shape index (κ3) is 37.1. The van der Waals surface area contributed by atoms with E-state index in [2.05, 4.69) is 97.2 Å². The number of hydrogen-bond donors (Lipinski definition) is 4. The van der Waals surface area contributed by atoms with Crippen molar-refractivity contribution in [2.75, 3.05) is 11.1 Å². The van der Waals surface area contributed by atoms with Crippen molar-refractivity contribution in [2.24, 2.45) is 58.7 Å². The van der Waals surface area contributed by atoms with Gasteiger partial charge in [-0.2, -0.15) is 20.4 Å². The number of rotatable bonds is 16. The first-order chi connectivity index (χ1) is 60.2. The maximum absolute atomic E-state index is 12.3. The number of halogens is 4. The normalized spacial score (nSPS) is 18.4. The number of aromatic nitrogens is 9. The van der Waals surface area contributed by atoms with E-state index in [1.165, 1.54) is 216 Å². The Hall–Kier alpha value is -4.34. The molecule has 20 heteroatoms. The zero-order valence-electron chi connectivity index (χ0n) is 77.6. The van der Waals surface area contributed by atoms with Gasteiger partial charge in [0.25, 0.3) is 22.2 Å². The molecule has 17 rings (SSSR count). The topological polar surface area (TPSA) is 204 Å². The quantitative estimate of drug-likeness (QED) is 0.0409. The molecule has 15 nitrogen and oxygen atoms in total. The summed E-state index contributed by atoms with van der Waals surface area (Å²) in [7, 11) is 0. The van der Waals surface area contributed by atoms with Gasteiger partial charge in [-0.3, -0.25) is 19.2 Å². The summed E-state index contributed by atoms with van der Waals surface area (Å²) in [5.41, 5.74) is 10.3. The van der Waals surface area contributed by atoms with Crippen LogP contribution in [0, 0.1) is 65.8 Å². The molecule has 0 amide bonds. The molecule has 0 atom stereocenters. The number of H-pyrrole nitrogens is 2. The van der Waals surface area contributed by atoms with Gasteiger partial charge in [0.2, 0.25) is 0 Å². The molecule has 5 aromatic heterocycles. The number of anilines is 3. The summed E-state index contributed by atoms with van der Waals surface area (Å²) in [4.78, 5) is 49.7. The summed E-state index contributed by atoms with van der Waals surface area (Å²) < 4.78 is 8.39. The van der Waals surface area contributed by atoms with Crippen LogP contribution in [0.3, 0.4) is 0 Å². The van der Waals surface area contributed by atoms with Crippen molar-refractivity contribution >= 4 is 116 Å². The molecule has 0 saturated heterocycles. The smallest absolute Gasteiger partial charge is 0.276 e. The largest absolute Gasteiger partial charge is 0.398 e. The van der Waals surface area contributed by atoms with E-state index < -0.39 is 0 Å². The van der Waals surface area contributed by atoms with Gasteiger partial charge >= 0.3 is 0 Å². The second-order valence-corrected chi connectivity index (χ2v) is 39.9. The van der Waals surface area contributed by atoms with Gasteiger partial charge in [0.05, 0.1) is 47.1 Å². The molecule has 9 fully saturated rings. The summed E-state index contributed by atoms with van der Waals surface area (Å²) in [6, 6.07) is 28.0. The zero-order valence-corrected chi connectivity index (χ0v) is 86.6. The second-order valence-electron chi connectivity index (χ2n) is 35.7. The number of aromatic amines is 2. The van der Waals surface area contributed by atoms with Gasteiger partial charge in [-0.05, 0) is 230 Å². The van der Waals surface area contributed by atoms with E-state index in [0.717, 1.165) is 146 Å². The van der Waals surface area contributed by atoms with Crippen molar-refractivity contribution < 1.29 is 20.4 Å². The Bertz CT molecular complexity index is 4230. The molecular weight excluding hydrogens is 1990 g/mol. The molecule has 5 N–H and O–H groups in total. The van der Waals surface area contributed by atoms with Crippen LogP contribution in [-0.4, -0.2) is 44.5 Å². The van der Waals surface area contributed by atoms with Crippen LogP contribution in [0.2, 0.25) is 0 Å². The SMILES string of the molecule is C1CCC(C2CCCCC2)CC1.C1CCC(C2CCCCC2)CC1.CC.CC.CC.CCC(C1CCCCC1)(C1CCCCC1)C1CCCCC1.CCCn1ncc2[nH]c3ccccc3c2c1=O.Nc1ccccc1Br.O=c1cc(I)cn[nH]1.O=c1cc(I)cnn1CCC1CCCCC1.O=c1cc(Nc2ccccc2Br)cnn1CCC1CCCCC1.[Pd]. The maximum atomic E-state index is 12.3.